The third kappa shape index (κ3) is 2.22. The van der Waals surface area contributed by atoms with Crippen molar-refractivity contribution in [3.63, 3.8) is 0 Å². The van der Waals surface area contributed by atoms with E-state index in [1.165, 1.54) is 0 Å². The molecular weight excluding hydrogens is 221 g/mol. The lowest BCUT2D eigenvalue weighted by molar-refractivity contribution is 0.111. The van der Waals surface area contributed by atoms with Gasteiger partial charge in [-0.15, -0.1) is 0 Å². The lowest BCUT2D eigenvalue weighted by Crippen LogP contribution is -1.98. The fourth-order valence-corrected chi connectivity index (χ4v) is 1.36. The van der Waals surface area contributed by atoms with Crippen LogP contribution in [0.3, 0.4) is 0 Å². The Morgan fingerprint density at radius 3 is 2.62 bits per heavy atom. The van der Waals surface area contributed by atoms with Crippen LogP contribution in [0.4, 0.5) is 4.39 Å². The van der Waals surface area contributed by atoms with Crippen molar-refractivity contribution in [3.8, 4) is 0 Å². The molecule has 1 aromatic heterocycles. The van der Waals surface area contributed by atoms with E-state index in [0.717, 1.165) is 6.07 Å². The molecule has 1 rings (SSSR count). The Bertz CT molecular complexity index is 445. The summed E-state index contributed by atoms with van der Waals surface area (Å²) in [5.41, 5.74) is -0.394. The summed E-state index contributed by atoms with van der Waals surface area (Å²) in [6.07, 6.45) is 0.807. The van der Waals surface area contributed by atoms with Crippen molar-refractivity contribution in [3.05, 3.63) is 23.6 Å². The van der Waals surface area contributed by atoms with Gasteiger partial charge in [0.15, 0.2) is 17.1 Å². The Balaban J connectivity index is 3.38. The first-order chi connectivity index (χ1) is 5.95. The first-order valence-electron chi connectivity index (χ1n) is 3.00. The van der Waals surface area contributed by atoms with E-state index in [1.54, 1.807) is 0 Å². The molecule has 0 aliphatic heterocycles. The largest absolute Gasteiger partial charge is 0.298 e. The number of hydrogen-bond acceptors (Lipinski definition) is 4. The Morgan fingerprint density at radius 1 is 1.54 bits per heavy atom. The standard InChI is InChI=1S/C6H3ClFNO3S/c7-13(11,12)6-1-4(3-10)5(8)2-9-6/h1-3H. The van der Waals surface area contributed by atoms with Crippen LogP contribution in [0.2, 0.25) is 0 Å². The molecule has 7 heteroatoms. The van der Waals surface area contributed by atoms with E-state index in [9.17, 15) is 17.6 Å². The lowest BCUT2D eigenvalue weighted by atomic mass is 10.3. The van der Waals surface area contributed by atoms with Crippen LogP contribution >= 0.6 is 10.7 Å². The molecule has 0 bridgehead atoms. The third-order valence-corrected chi connectivity index (χ3v) is 2.43. The molecule has 4 nitrogen and oxygen atoms in total. The van der Waals surface area contributed by atoms with Gasteiger partial charge in [-0.2, -0.15) is 0 Å². The Kier molecular flexibility index (Phi) is 2.63. The highest BCUT2D eigenvalue weighted by Crippen LogP contribution is 2.14. The zero-order chi connectivity index (χ0) is 10.1. The van der Waals surface area contributed by atoms with Gasteiger partial charge in [0, 0.05) is 10.7 Å². The SMILES string of the molecule is O=Cc1cc(S(=O)(=O)Cl)ncc1F. The van der Waals surface area contributed by atoms with Crippen LogP contribution in [0.15, 0.2) is 17.3 Å². The monoisotopic (exact) mass is 223 g/mol. The molecular formula is C6H3ClFNO3S. The summed E-state index contributed by atoms with van der Waals surface area (Å²) >= 11 is 0. The minimum absolute atomic E-state index is 0.183. The molecule has 0 aliphatic carbocycles. The van der Waals surface area contributed by atoms with E-state index in [-0.39, 0.29) is 6.29 Å². The van der Waals surface area contributed by atoms with Gasteiger partial charge in [-0.05, 0) is 6.07 Å². The molecule has 0 radical (unpaired) electrons. The number of aldehydes is 1. The van der Waals surface area contributed by atoms with Crippen molar-refractivity contribution in [1.82, 2.24) is 4.98 Å². The molecule has 13 heavy (non-hydrogen) atoms. The van der Waals surface area contributed by atoms with Crippen molar-refractivity contribution >= 4 is 26.0 Å². The topological polar surface area (TPSA) is 64.1 Å². The maximum absolute atomic E-state index is 12.6. The molecule has 0 spiro atoms. The summed E-state index contributed by atoms with van der Waals surface area (Å²) < 4.78 is 34.0. The zero-order valence-electron chi connectivity index (χ0n) is 6.07. The summed E-state index contributed by atoms with van der Waals surface area (Å²) in [6, 6.07) is 0.769. The highest BCUT2D eigenvalue weighted by molar-refractivity contribution is 8.13. The average molecular weight is 224 g/mol. The van der Waals surface area contributed by atoms with Gasteiger partial charge < -0.3 is 0 Å². The molecule has 70 valence electrons. The van der Waals surface area contributed by atoms with Gasteiger partial charge in [0.25, 0.3) is 9.05 Å². The summed E-state index contributed by atoms with van der Waals surface area (Å²) in [5, 5.41) is -0.544. The maximum atomic E-state index is 12.6. The van der Waals surface area contributed by atoms with Gasteiger partial charge in [-0.1, -0.05) is 0 Å². The predicted molar refractivity (Wildman–Crippen MR) is 42.6 cm³/mol. The molecule has 0 atom stereocenters. The third-order valence-electron chi connectivity index (χ3n) is 1.24. The second-order valence-electron chi connectivity index (χ2n) is 2.10. The minimum Gasteiger partial charge on any atom is -0.298 e. The number of carbonyl (C=O) groups is 1. The van der Waals surface area contributed by atoms with Crippen molar-refractivity contribution in [2.24, 2.45) is 0 Å². The van der Waals surface area contributed by atoms with Crippen LogP contribution in [0.1, 0.15) is 10.4 Å². The Morgan fingerprint density at radius 2 is 2.15 bits per heavy atom. The van der Waals surface area contributed by atoms with Gasteiger partial charge in [0.2, 0.25) is 0 Å². The van der Waals surface area contributed by atoms with Crippen LogP contribution in [0, 0.1) is 5.82 Å². The molecule has 0 saturated heterocycles. The minimum atomic E-state index is -4.02. The fourth-order valence-electron chi connectivity index (χ4n) is 0.658. The molecule has 0 aromatic carbocycles. The molecule has 0 unspecified atom stereocenters. The van der Waals surface area contributed by atoms with Crippen LogP contribution < -0.4 is 0 Å². The van der Waals surface area contributed by atoms with Crippen LogP contribution in [0.25, 0.3) is 0 Å². The number of aromatic nitrogens is 1. The van der Waals surface area contributed by atoms with Gasteiger partial charge >= 0.3 is 0 Å². The average Bonchev–Trinajstić information content (AvgIpc) is 2.03. The highest BCUT2D eigenvalue weighted by Gasteiger charge is 2.14. The number of pyridine rings is 1. The summed E-state index contributed by atoms with van der Waals surface area (Å²) in [6.45, 7) is 0. The first-order valence-corrected chi connectivity index (χ1v) is 5.31. The van der Waals surface area contributed by atoms with E-state index in [4.69, 9.17) is 10.7 Å². The maximum Gasteiger partial charge on any atom is 0.278 e. The molecule has 0 aliphatic rings. The molecule has 1 aromatic rings. The highest BCUT2D eigenvalue weighted by atomic mass is 35.7. The van der Waals surface area contributed by atoms with Crippen LogP contribution in [-0.2, 0) is 9.05 Å². The Hall–Kier alpha value is -1.01. The second kappa shape index (κ2) is 3.39. The van der Waals surface area contributed by atoms with Crippen molar-refractivity contribution in [2.75, 3.05) is 0 Å². The van der Waals surface area contributed by atoms with Crippen molar-refractivity contribution < 1.29 is 17.6 Å². The Labute approximate surface area is 77.8 Å². The van der Waals surface area contributed by atoms with Crippen LogP contribution in [0.5, 0.6) is 0 Å². The first kappa shape index (κ1) is 10.1. The molecule has 0 amide bonds. The molecule has 0 saturated carbocycles. The van der Waals surface area contributed by atoms with E-state index >= 15 is 0 Å². The summed E-state index contributed by atoms with van der Waals surface area (Å²) in [4.78, 5) is 13.4. The zero-order valence-corrected chi connectivity index (χ0v) is 7.64. The van der Waals surface area contributed by atoms with Crippen molar-refractivity contribution in [1.29, 1.82) is 0 Å². The van der Waals surface area contributed by atoms with E-state index in [0.29, 0.717) is 6.20 Å². The van der Waals surface area contributed by atoms with Gasteiger partial charge in [-0.25, -0.2) is 17.8 Å². The van der Waals surface area contributed by atoms with Gasteiger partial charge in [0.05, 0.1) is 11.8 Å². The number of carbonyl (C=O) groups excluding carboxylic acids is 1. The number of rotatable bonds is 2. The number of halogens is 2. The summed E-state index contributed by atoms with van der Waals surface area (Å²) in [7, 11) is 0.895. The molecule has 0 N–H and O–H groups in total. The normalized spacial score (nSPS) is 11.2. The predicted octanol–water partition coefficient (Wildman–Crippen LogP) is 0.961. The van der Waals surface area contributed by atoms with E-state index in [1.807, 2.05) is 0 Å². The van der Waals surface area contributed by atoms with E-state index in [2.05, 4.69) is 4.98 Å². The number of nitrogens with zero attached hydrogens (tertiary/aromatic N) is 1. The molecule has 1 heterocycles. The quantitative estimate of drug-likeness (QED) is 0.553. The number of hydrogen-bond donors (Lipinski definition) is 0. The van der Waals surface area contributed by atoms with Crippen molar-refractivity contribution in [2.45, 2.75) is 5.03 Å². The smallest absolute Gasteiger partial charge is 0.278 e. The second-order valence-corrected chi connectivity index (χ2v) is 4.61. The fraction of sp³-hybridized carbons (Fsp3) is 0. The summed E-state index contributed by atoms with van der Waals surface area (Å²) in [5.74, 6) is -0.890. The molecule has 0 fully saturated rings. The van der Waals surface area contributed by atoms with Gasteiger partial charge in [-0.3, -0.25) is 4.79 Å². The lowest BCUT2D eigenvalue weighted by Gasteiger charge is -1.96. The van der Waals surface area contributed by atoms with Gasteiger partial charge in [0.1, 0.15) is 0 Å². The van der Waals surface area contributed by atoms with Crippen LogP contribution in [-0.4, -0.2) is 19.7 Å². The van der Waals surface area contributed by atoms with E-state index < -0.39 is 25.5 Å².